The molecule has 0 atom stereocenters. The zero-order valence-electron chi connectivity index (χ0n) is 8.07. The highest BCUT2D eigenvalue weighted by atomic mass is 15.4. The number of fused-ring (bicyclic) bond motifs is 1. The first-order chi connectivity index (χ1) is 6.33. The summed E-state index contributed by atoms with van der Waals surface area (Å²) in [5, 5.41) is 0. The average molecular weight is 174 g/mol. The van der Waals surface area contributed by atoms with Gasteiger partial charge in [-0.05, 0) is 19.1 Å². The van der Waals surface area contributed by atoms with E-state index in [4.69, 9.17) is 0 Å². The molecule has 68 valence electrons. The standard InChI is InChI=1S/C11H14N2/c1-3-8-13-9-12(2)10-6-4-5-7-11(10)13/h3-8H,9H2,1-2H3. The first kappa shape index (κ1) is 8.17. The molecule has 0 N–H and O–H groups in total. The lowest BCUT2D eigenvalue weighted by Gasteiger charge is -2.13. The van der Waals surface area contributed by atoms with Crippen LogP contribution in [0.1, 0.15) is 6.92 Å². The summed E-state index contributed by atoms with van der Waals surface area (Å²) in [6.45, 7) is 2.99. The number of benzene rings is 1. The van der Waals surface area contributed by atoms with E-state index in [1.807, 2.05) is 6.92 Å². The largest absolute Gasteiger partial charge is 0.355 e. The first-order valence-corrected chi connectivity index (χ1v) is 4.52. The third-order valence-electron chi connectivity index (χ3n) is 2.30. The summed E-state index contributed by atoms with van der Waals surface area (Å²) in [6, 6.07) is 8.46. The highest BCUT2D eigenvalue weighted by molar-refractivity contribution is 5.76. The Kier molecular flexibility index (Phi) is 1.97. The maximum absolute atomic E-state index is 2.25. The Balaban J connectivity index is 2.41. The van der Waals surface area contributed by atoms with Gasteiger partial charge in [0.1, 0.15) is 0 Å². The Morgan fingerprint density at radius 3 is 2.62 bits per heavy atom. The fourth-order valence-electron chi connectivity index (χ4n) is 1.72. The number of allylic oxidation sites excluding steroid dienone is 1. The molecule has 0 saturated heterocycles. The van der Waals surface area contributed by atoms with Crippen LogP contribution in [-0.4, -0.2) is 13.7 Å². The van der Waals surface area contributed by atoms with Gasteiger partial charge in [-0.3, -0.25) is 0 Å². The lowest BCUT2D eigenvalue weighted by atomic mass is 10.2. The summed E-state index contributed by atoms with van der Waals surface area (Å²) < 4.78 is 0. The monoisotopic (exact) mass is 174 g/mol. The van der Waals surface area contributed by atoms with Crippen LogP contribution in [0.25, 0.3) is 0 Å². The molecule has 1 aromatic carbocycles. The minimum atomic E-state index is 0.948. The fourth-order valence-corrected chi connectivity index (χ4v) is 1.72. The van der Waals surface area contributed by atoms with Crippen molar-refractivity contribution < 1.29 is 0 Å². The van der Waals surface area contributed by atoms with Gasteiger partial charge in [0, 0.05) is 13.2 Å². The normalized spacial score (nSPS) is 15.5. The van der Waals surface area contributed by atoms with E-state index < -0.39 is 0 Å². The molecule has 0 fully saturated rings. The Hall–Kier alpha value is -1.44. The van der Waals surface area contributed by atoms with Crippen LogP contribution in [0.2, 0.25) is 0 Å². The number of hydrogen-bond acceptors (Lipinski definition) is 2. The number of anilines is 2. The van der Waals surface area contributed by atoms with E-state index in [0.717, 1.165) is 6.67 Å². The fraction of sp³-hybridized carbons (Fsp3) is 0.273. The zero-order valence-corrected chi connectivity index (χ0v) is 8.07. The molecule has 1 aliphatic heterocycles. The minimum absolute atomic E-state index is 0.948. The molecular formula is C11H14N2. The molecular weight excluding hydrogens is 160 g/mol. The van der Waals surface area contributed by atoms with Gasteiger partial charge in [-0.2, -0.15) is 0 Å². The molecule has 0 spiro atoms. The minimum Gasteiger partial charge on any atom is -0.355 e. The lowest BCUT2D eigenvalue weighted by Crippen LogP contribution is -2.23. The molecule has 13 heavy (non-hydrogen) atoms. The van der Waals surface area contributed by atoms with Crippen LogP contribution < -0.4 is 9.80 Å². The lowest BCUT2D eigenvalue weighted by molar-refractivity contribution is 0.944. The van der Waals surface area contributed by atoms with Crippen molar-refractivity contribution in [1.82, 2.24) is 0 Å². The van der Waals surface area contributed by atoms with Crippen molar-refractivity contribution in [2.45, 2.75) is 6.92 Å². The van der Waals surface area contributed by atoms with Gasteiger partial charge in [0.15, 0.2) is 0 Å². The second-order valence-corrected chi connectivity index (χ2v) is 3.28. The summed E-state index contributed by atoms with van der Waals surface area (Å²) >= 11 is 0. The van der Waals surface area contributed by atoms with Gasteiger partial charge in [0.25, 0.3) is 0 Å². The molecule has 2 rings (SSSR count). The number of rotatable bonds is 1. The van der Waals surface area contributed by atoms with Crippen molar-refractivity contribution in [3.05, 3.63) is 36.5 Å². The van der Waals surface area contributed by atoms with Gasteiger partial charge >= 0.3 is 0 Å². The van der Waals surface area contributed by atoms with Crippen LogP contribution in [0.4, 0.5) is 11.4 Å². The molecule has 1 aliphatic rings. The third kappa shape index (κ3) is 1.28. The molecule has 0 amide bonds. The molecule has 2 nitrogen and oxygen atoms in total. The number of hydrogen-bond donors (Lipinski definition) is 0. The van der Waals surface area contributed by atoms with E-state index in [2.05, 4.69) is 53.4 Å². The van der Waals surface area contributed by atoms with Gasteiger partial charge in [0.2, 0.25) is 0 Å². The van der Waals surface area contributed by atoms with Crippen molar-refractivity contribution in [3.63, 3.8) is 0 Å². The van der Waals surface area contributed by atoms with Crippen molar-refractivity contribution in [3.8, 4) is 0 Å². The van der Waals surface area contributed by atoms with Gasteiger partial charge in [-0.1, -0.05) is 18.2 Å². The van der Waals surface area contributed by atoms with Gasteiger partial charge < -0.3 is 9.80 Å². The van der Waals surface area contributed by atoms with E-state index in [9.17, 15) is 0 Å². The predicted octanol–water partition coefficient (Wildman–Crippen LogP) is 2.43. The molecule has 1 heterocycles. The molecule has 0 bridgehead atoms. The maximum Gasteiger partial charge on any atom is 0.0944 e. The van der Waals surface area contributed by atoms with E-state index in [-0.39, 0.29) is 0 Å². The molecule has 2 heteroatoms. The Labute approximate surface area is 79.1 Å². The Morgan fingerprint density at radius 2 is 1.92 bits per heavy atom. The van der Waals surface area contributed by atoms with Crippen LogP contribution in [0, 0.1) is 0 Å². The van der Waals surface area contributed by atoms with Gasteiger partial charge in [-0.25, -0.2) is 0 Å². The van der Waals surface area contributed by atoms with Crippen molar-refractivity contribution in [2.24, 2.45) is 0 Å². The third-order valence-corrected chi connectivity index (χ3v) is 2.30. The first-order valence-electron chi connectivity index (χ1n) is 4.52. The SMILES string of the molecule is CC=CN1CN(C)c2ccccc21. The van der Waals surface area contributed by atoms with E-state index in [0.29, 0.717) is 0 Å². The van der Waals surface area contributed by atoms with E-state index >= 15 is 0 Å². The van der Waals surface area contributed by atoms with Crippen LogP contribution >= 0.6 is 0 Å². The van der Waals surface area contributed by atoms with Crippen molar-refractivity contribution in [2.75, 3.05) is 23.5 Å². The number of nitrogens with zero attached hydrogens (tertiary/aromatic N) is 2. The summed E-state index contributed by atoms with van der Waals surface area (Å²) in [5.41, 5.74) is 2.60. The summed E-state index contributed by atoms with van der Waals surface area (Å²) in [5.74, 6) is 0. The van der Waals surface area contributed by atoms with Gasteiger partial charge in [0.05, 0.1) is 18.0 Å². The van der Waals surface area contributed by atoms with Crippen molar-refractivity contribution >= 4 is 11.4 Å². The van der Waals surface area contributed by atoms with Crippen molar-refractivity contribution in [1.29, 1.82) is 0 Å². The zero-order chi connectivity index (χ0) is 9.26. The summed E-state index contributed by atoms with van der Waals surface area (Å²) in [4.78, 5) is 4.49. The van der Waals surface area contributed by atoms with Crippen LogP contribution in [0.15, 0.2) is 36.5 Å². The molecule has 0 radical (unpaired) electrons. The van der Waals surface area contributed by atoms with Gasteiger partial charge in [-0.15, -0.1) is 0 Å². The smallest absolute Gasteiger partial charge is 0.0944 e. The van der Waals surface area contributed by atoms with Crippen LogP contribution in [-0.2, 0) is 0 Å². The Morgan fingerprint density at radius 1 is 1.23 bits per heavy atom. The second-order valence-electron chi connectivity index (χ2n) is 3.28. The highest BCUT2D eigenvalue weighted by Gasteiger charge is 2.19. The maximum atomic E-state index is 2.25. The number of para-hydroxylation sites is 2. The molecule has 0 aromatic heterocycles. The molecule has 0 aliphatic carbocycles. The second kappa shape index (κ2) is 3.13. The van der Waals surface area contributed by atoms with Crippen LogP contribution in [0.3, 0.4) is 0 Å². The molecule has 1 aromatic rings. The van der Waals surface area contributed by atoms with E-state index in [1.165, 1.54) is 11.4 Å². The Bertz CT molecular complexity index is 331. The molecule has 0 saturated carbocycles. The molecule has 0 unspecified atom stereocenters. The summed E-state index contributed by atoms with van der Waals surface area (Å²) in [7, 11) is 2.11. The highest BCUT2D eigenvalue weighted by Crippen LogP contribution is 2.34. The topological polar surface area (TPSA) is 6.48 Å². The summed E-state index contributed by atoms with van der Waals surface area (Å²) in [6.07, 6.45) is 4.18. The quantitative estimate of drug-likeness (QED) is 0.645. The average Bonchev–Trinajstić information content (AvgIpc) is 2.46. The predicted molar refractivity (Wildman–Crippen MR) is 57.0 cm³/mol. The van der Waals surface area contributed by atoms with E-state index in [1.54, 1.807) is 0 Å². The van der Waals surface area contributed by atoms with Crippen LogP contribution in [0.5, 0.6) is 0 Å².